The second-order valence-corrected chi connectivity index (χ2v) is 15.0. The third-order valence-electron chi connectivity index (χ3n) is 8.00. The molecule has 14 heteroatoms. The maximum atomic E-state index is 12.5. The number of nitriles is 2. The minimum Gasteiger partial charge on any atom is -0.488 e. The van der Waals surface area contributed by atoms with E-state index in [-0.39, 0.29) is 5.56 Å². The van der Waals surface area contributed by atoms with Crippen LogP contribution in [-0.4, -0.2) is 57.5 Å². The van der Waals surface area contributed by atoms with Gasteiger partial charge in [-0.05, 0) is 70.9 Å². The van der Waals surface area contributed by atoms with E-state index in [1.54, 1.807) is 45.0 Å². The summed E-state index contributed by atoms with van der Waals surface area (Å²) in [6.45, 7) is 9.41. The van der Waals surface area contributed by atoms with Crippen molar-refractivity contribution >= 4 is 52.6 Å². The number of carbonyl (C=O) groups excluding carboxylic acids is 1. The summed E-state index contributed by atoms with van der Waals surface area (Å²) < 4.78 is 11.3. The predicted molar refractivity (Wildman–Crippen MR) is 194 cm³/mol. The number of nitrogens with zero attached hydrogens (tertiary/aromatic N) is 5. The zero-order chi connectivity index (χ0) is 36.2. The lowest BCUT2D eigenvalue weighted by Crippen LogP contribution is -2.61. The summed E-state index contributed by atoms with van der Waals surface area (Å²) in [4.78, 5) is 36.4. The third-order valence-corrected chi connectivity index (χ3v) is 10.2. The number of nitrogens with one attached hydrogen (secondary N) is 1. The van der Waals surface area contributed by atoms with Gasteiger partial charge in [-0.1, -0.05) is 47.6 Å². The van der Waals surface area contributed by atoms with Gasteiger partial charge in [0.15, 0.2) is 5.54 Å². The van der Waals surface area contributed by atoms with Crippen LogP contribution in [0.4, 0.5) is 10.6 Å². The summed E-state index contributed by atoms with van der Waals surface area (Å²) in [7, 11) is 0. The van der Waals surface area contributed by atoms with Gasteiger partial charge in [-0.25, -0.2) is 19.6 Å². The first-order chi connectivity index (χ1) is 23.7. The SMILES string of the molecule is CC(Oc1ccc(-c2c(C#N)c(SCc3csc(-c4ccc(Cl)cc4)n3)nc(N3CCC3)c2C#N)cc1)[C@@](C)(NC(=O)OC(C)(C)C)C(=O)O. The Labute approximate surface area is 303 Å². The third kappa shape index (κ3) is 8.13. The first-order valence-electron chi connectivity index (χ1n) is 15.7. The van der Waals surface area contributed by atoms with E-state index in [0.29, 0.717) is 44.1 Å². The van der Waals surface area contributed by atoms with Gasteiger partial charge in [-0.3, -0.25) is 0 Å². The molecule has 50 heavy (non-hydrogen) atoms. The van der Waals surface area contributed by atoms with E-state index in [1.165, 1.54) is 36.9 Å². The number of amides is 1. The molecule has 1 unspecified atom stereocenters. The van der Waals surface area contributed by atoms with Crippen molar-refractivity contribution in [1.82, 2.24) is 15.3 Å². The van der Waals surface area contributed by atoms with E-state index in [9.17, 15) is 25.2 Å². The van der Waals surface area contributed by atoms with Crippen molar-refractivity contribution in [2.75, 3.05) is 18.0 Å². The first-order valence-corrected chi connectivity index (χ1v) is 17.9. The number of anilines is 1. The summed E-state index contributed by atoms with van der Waals surface area (Å²) >= 11 is 8.95. The number of carboxylic acid groups (broad SMARTS) is 1. The Hall–Kier alpha value is -4.82. The van der Waals surface area contributed by atoms with Crippen molar-refractivity contribution in [3.8, 4) is 39.6 Å². The maximum Gasteiger partial charge on any atom is 0.408 e. The Bertz CT molecular complexity index is 1980. The molecule has 258 valence electrons. The quantitative estimate of drug-likeness (QED) is 0.144. The molecule has 1 fully saturated rings. The molecule has 0 radical (unpaired) electrons. The van der Waals surface area contributed by atoms with Gasteiger partial charge in [0.1, 0.15) is 51.0 Å². The Kier molecular flexibility index (Phi) is 10.9. The number of thioether (sulfide) groups is 1. The van der Waals surface area contributed by atoms with E-state index >= 15 is 0 Å². The van der Waals surface area contributed by atoms with Crippen LogP contribution < -0.4 is 15.0 Å². The molecule has 1 aliphatic heterocycles. The van der Waals surface area contributed by atoms with E-state index in [4.69, 9.17) is 31.0 Å². The number of hydrogen-bond acceptors (Lipinski definition) is 11. The molecule has 0 bridgehead atoms. The van der Waals surface area contributed by atoms with Crippen molar-refractivity contribution in [3.05, 3.63) is 75.8 Å². The number of rotatable bonds is 11. The van der Waals surface area contributed by atoms with E-state index in [2.05, 4.69) is 17.5 Å². The van der Waals surface area contributed by atoms with E-state index in [0.717, 1.165) is 35.8 Å². The molecule has 0 saturated carbocycles. The van der Waals surface area contributed by atoms with Crippen LogP contribution in [0.15, 0.2) is 58.9 Å². The number of aromatic nitrogens is 2. The van der Waals surface area contributed by atoms with Gasteiger partial charge < -0.3 is 24.8 Å². The predicted octanol–water partition coefficient (Wildman–Crippen LogP) is 7.91. The molecule has 1 amide bonds. The van der Waals surface area contributed by atoms with Crippen molar-refractivity contribution < 1.29 is 24.2 Å². The molecule has 4 aromatic rings. The van der Waals surface area contributed by atoms with Gasteiger partial charge in [-0.15, -0.1) is 11.3 Å². The molecule has 2 aromatic heterocycles. The molecule has 1 aliphatic rings. The molecular formula is C36H35ClN6O5S2. The fraction of sp³-hybridized carbons (Fsp3) is 0.333. The second-order valence-electron chi connectivity index (χ2n) is 12.8. The van der Waals surface area contributed by atoms with Gasteiger partial charge in [-0.2, -0.15) is 10.5 Å². The van der Waals surface area contributed by atoms with Crippen LogP contribution in [0.3, 0.4) is 0 Å². The highest BCUT2D eigenvalue weighted by Gasteiger charge is 2.43. The number of ether oxygens (including phenoxy) is 2. The van der Waals surface area contributed by atoms with Crippen molar-refractivity contribution in [1.29, 1.82) is 10.5 Å². The molecule has 3 heterocycles. The highest BCUT2D eigenvalue weighted by Crippen LogP contribution is 2.40. The zero-order valence-electron chi connectivity index (χ0n) is 28.1. The number of aliphatic carboxylic acids is 1. The van der Waals surface area contributed by atoms with Crippen LogP contribution >= 0.6 is 34.7 Å². The molecule has 0 aliphatic carbocycles. The summed E-state index contributed by atoms with van der Waals surface area (Å²) in [5.41, 5.74) is 0.762. The minimum absolute atomic E-state index is 0.269. The molecule has 11 nitrogen and oxygen atoms in total. The van der Waals surface area contributed by atoms with Gasteiger partial charge >= 0.3 is 12.1 Å². The molecule has 2 aromatic carbocycles. The smallest absolute Gasteiger partial charge is 0.408 e. The van der Waals surface area contributed by atoms with Gasteiger partial charge in [0.2, 0.25) is 0 Å². The van der Waals surface area contributed by atoms with Crippen molar-refractivity contribution in [3.63, 3.8) is 0 Å². The number of pyridine rings is 1. The lowest BCUT2D eigenvalue weighted by atomic mass is 9.95. The molecule has 2 atom stereocenters. The number of benzene rings is 2. The van der Waals surface area contributed by atoms with Crippen molar-refractivity contribution in [2.45, 2.75) is 69.1 Å². The maximum absolute atomic E-state index is 12.5. The number of carboxylic acids is 1. The van der Waals surface area contributed by atoms with Crippen LogP contribution in [0.1, 0.15) is 57.9 Å². The summed E-state index contributed by atoms with van der Waals surface area (Å²) in [6.07, 6.45) is -0.933. The first kappa shape index (κ1) is 36.5. The Morgan fingerprint density at radius 1 is 1.04 bits per heavy atom. The van der Waals surface area contributed by atoms with Crippen LogP contribution in [-0.2, 0) is 15.3 Å². The summed E-state index contributed by atoms with van der Waals surface area (Å²) in [5.74, 6) is 0.00287. The minimum atomic E-state index is -1.82. The molecule has 0 spiro atoms. The highest BCUT2D eigenvalue weighted by molar-refractivity contribution is 7.98. The average Bonchev–Trinajstić information content (AvgIpc) is 3.51. The largest absolute Gasteiger partial charge is 0.488 e. The molecular weight excluding hydrogens is 696 g/mol. The monoisotopic (exact) mass is 730 g/mol. The van der Waals surface area contributed by atoms with Gasteiger partial charge in [0.05, 0.1) is 11.3 Å². The van der Waals surface area contributed by atoms with Crippen LogP contribution in [0, 0.1) is 22.7 Å². The Morgan fingerprint density at radius 3 is 2.24 bits per heavy atom. The fourth-order valence-electron chi connectivity index (χ4n) is 5.02. The van der Waals surface area contributed by atoms with Gasteiger partial charge in [0.25, 0.3) is 0 Å². The number of hydrogen-bond donors (Lipinski definition) is 2. The second kappa shape index (κ2) is 15.0. The Morgan fingerprint density at radius 2 is 1.68 bits per heavy atom. The topological polar surface area (TPSA) is 161 Å². The van der Waals surface area contributed by atoms with Crippen LogP contribution in [0.25, 0.3) is 21.7 Å². The number of thiazole rings is 1. The lowest BCUT2D eigenvalue weighted by Gasteiger charge is -2.34. The zero-order valence-corrected chi connectivity index (χ0v) is 30.5. The van der Waals surface area contributed by atoms with Crippen molar-refractivity contribution in [2.24, 2.45) is 0 Å². The highest BCUT2D eigenvalue weighted by atomic mass is 35.5. The fourth-order valence-corrected chi connectivity index (χ4v) is 6.95. The normalized spacial score (nSPS) is 14.4. The number of halogens is 1. The van der Waals surface area contributed by atoms with E-state index in [1.807, 2.05) is 34.5 Å². The summed E-state index contributed by atoms with van der Waals surface area (Å²) in [6, 6.07) is 18.8. The number of carbonyl (C=O) groups is 2. The standard InChI is InChI=1S/C36H35ClN6O5S2/c1-21(36(5,33(44)45)42-34(46)48-35(2,3)4)47-26-13-9-22(10-14-26)29-27(17-38)30(43-15-6-16-43)41-32(28(29)18-39)50-20-25-19-49-31(40-25)23-7-11-24(37)12-8-23/h7-14,19,21H,6,15-16,20H2,1-5H3,(H,42,46)(H,44,45)/t21?,36-/m1/s1. The average molecular weight is 731 g/mol. The lowest BCUT2D eigenvalue weighted by molar-refractivity contribution is -0.147. The number of alkyl carbamates (subject to hydrolysis) is 1. The Balaban J connectivity index is 1.43. The molecule has 2 N–H and O–H groups in total. The summed E-state index contributed by atoms with van der Waals surface area (Å²) in [5, 5.41) is 37.2. The van der Waals surface area contributed by atoms with E-state index < -0.39 is 29.3 Å². The van der Waals surface area contributed by atoms with Crippen LogP contribution in [0.2, 0.25) is 5.02 Å². The van der Waals surface area contributed by atoms with Crippen LogP contribution in [0.5, 0.6) is 5.75 Å². The molecule has 5 rings (SSSR count). The van der Waals surface area contributed by atoms with Gasteiger partial charge in [0, 0.05) is 40.4 Å². The molecule has 1 saturated heterocycles.